The lowest BCUT2D eigenvalue weighted by Crippen LogP contribution is -2.35. The van der Waals surface area contributed by atoms with E-state index in [1.807, 2.05) is 32.0 Å². The van der Waals surface area contributed by atoms with Crippen molar-refractivity contribution in [2.24, 2.45) is 0 Å². The summed E-state index contributed by atoms with van der Waals surface area (Å²) in [6.07, 6.45) is 2.36. The van der Waals surface area contributed by atoms with Crippen molar-refractivity contribution in [2.45, 2.75) is 62.9 Å². The molecule has 0 saturated carbocycles. The highest BCUT2D eigenvalue weighted by Gasteiger charge is 2.33. The van der Waals surface area contributed by atoms with Gasteiger partial charge < -0.3 is 5.11 Å². The molecule has 0 heterocycles. The normalized spacial score (nSPS) is 12.8. The van der Waals surface area contributed by atoms with Crippen LogP contribution in [0.1, 0.15) is 52.5 Å². The quantitative estimate of drug-likeness (QED) is 0.753. The van der Waals surface area contributed by atoms with E-state index in [-0.39, 0.29) is 5.41 Å². The van der Waals surface area contributed by atoms with Gasteiger partial charge in [0.05, 0.1) is 5.60 Å². The molecule has 0 spiro atoms. The zero-order valence-electron chi connectivity index (χ0n) is 11.3. The van der Waals surface area contributed by atoms with Gasteiger partial charge in [0, 0.05) is 4.90 Å². The Balaban J connectivity index is 3.00. The second kappa shape index (κ2) is 5.45. The monoisotopic (exact) mass is 252 g/mol. The molecule has 0 aliphatic heterocycles. The fourth-order valence-corrected chi connectivity index (χ4v) is 2.93. The lowest BCUT2D eigenvalue weighted by Gasteiger charge is -2.36. The van der Waals surface area contributed by atoms with Crippen LogP contribution < -0.4 is 0 Å². The molecule has 0 unspecified atom stereocenters. The van der Waals surface area contributed by atoms with Gasteiger partial charge in [0.2, 0.25) is 0 Å². The minimum atomic E-state index is -0.570. The first kappa shape index (κ1) is 14.6. The molecule has 1 rings (SSSR count). The van der Waals surface area contributed by atoms with Crippen molar-refractivity contribution in [3.05, 3.63) is 29.8 Å². The first-order valence-corrected chi connectivity index (χ1v) is 6.80. The maximum atomic E-state index is 10.5. The van der Waals surface area contributed by atoms with E-state index in [1.54, 1.807) is 0 Å². The summed E-state index contributed by atoms with van der Waals surface area (Å²) in [5, 5.41) is 10.5. The summed E-state index contributed by atoms with van der Waals surface area (Å²) in [6.45, 7) is 8.45. The van der Waals surface area contributed by atoms with Gasteiger partial charge >= 0.3 is 0 Å². The molecule has 0 fully saturated rings. The summed E-state index contributed by atoms with van der Waals surface area (Å²) in [4.78, 5) is 1.01. The molecule has 17 heavy (non-hydrogen) atoms. The van der Waals surface area contributed by atoms with Crippen molar-refractivity contribution in [1.29, 1.82) is 0 Å². The molecule has 1 N–H and O–H groups in total. The molecule has 0 aliphatic rings. The number of hydrogen-bond acceptors (Lipinski definition) is 2. The number of thiol groups is 1. The van der Waals surface area contributed by atoms with Crippen LogP contribution in [-0.2, 0) is 5.41 Å². The van der Waals surface area contributed by atoms with E-state index < -0.39 is 5.60 Å². The van der Waals surface area contributed by atoms with E-state index >= 15 is 0 Å². The van der Waals surface area contributed by atoms with Gasteiger partial charge in [0.1, 0.15) is 0 Å². The van der Waals surface area contributed by atoms with E-state index in [9.17, 15) is 5.11 Å². The highest BCUT2D eigenvalue weighted by molar-refractivity contribution is 7.80. The van der Waals surface area contributed by atoms with E-state index in [0.29, 0.717) is 0 Å². The molecule has 0 radical (unpaired) electrons. The second-order valence-electron chi connectivity index (χ2n) is 5.51. The van der Waals surface area contributed by atoms with Crippen LogP contribution in [0.25, 0.3) is 0 Å². The highest BCUT2D eigenvalue weighted by Crippen LogP contribution is 2.37. The molecular weight excluding hydrogens is 228 g/mol. The van der Waals surface area contributed by atoms with E-state index in [0.717, 1.165) is 24.2 Å². The fraction of sp³-hybridized carbons (Fsp3) is 0.600. The first-order chi connectivity index (χ1) is 7.84. The summed E-state index contributed by atoms with van der Waals surface area (Å²) in [7, 11) is 0. The molecule has 1 aromatic rings. The van der Waals surface area contributed by atoms with Crippen LogP contribution in [0.4, 0.5) is 0 Å². The SMILES string of the molecule is CCC(O)(CC)CC(C)(C)c1ccccc1S. The number of rotatable bonds is 5. The molecule has 2 heteroatoms. The predicted octanol–water partition coefficient (Wildman–Crippen LogP) is 4.19. The minimum absolute atomic E-state index is 0.0564. The Morgan fingerprint density at radius 3 is 2.12 bits per heavy atom. The van der Waals surface area contributed by atoms with Gasteiger partial charge in [-0.1, -0.05) is 45.9 Å². The van der Waals surface area contributed by atoms with Crippen LogP contribution >= 0.6 is 12.6 Å². The van der Waals surface area contributed by atoms with Gasteiger partial charge in [-0.25, -0.2) is 0 Å². The van der Waals surface area contributed by atoms with Gasteiger partial charge in [0.25, 0.3) is 0 Å². The molecule has 0 aliphatic carbocycles. The van der Waals surface area contributed by atoms with E-state index in [1.165, 1.54) is 5.56 Å². The molecule has 1 nitrogen and oxygen atoms in total. The van der Waals surface area contributed by atoms with Crippen LogP contribution in [0, 0.1) is 0 Å². The summed E-state index contributed by atoms with van der Waals surface area (Å²) in [6, 6.07) is 8.15. The Morgan fingerprint density at radius 2 is 1.65 bits per heavy atom. The minimum Gasteiger partial charge on any atom is -0.390 e. The Morgan fingerprint density at radius 1 is 1.12 bits per heavy atom. The molecule has 0 amide bonds. The molecule has 0 saturated heterocycles. The van der Waals surface area contributed by atoms with Crippen molar-refractivity contribution in [1.82, 2.24) is 0 Å². The van der Waals surface area contributed by atoms with Crippen molar-refractivity contribution >= 4 is 12.6 Å². The predicted molar refractivity (Wildman–Crippen MR) is 76.9 cm³/mol. The number of benzene rings is 1. The Bertz CT molecular complexity index is 367. The van der Waals surface area contributed by atoms with Gasteiger partial charge in [-0.05, 0) is 36.3 Å². The van der Waals surface area contributed by atoms with Gasteiger partial charge in [-0.2, -0.15) is 0 Å². The summed E-state index contributed by atoms with van der Waals surface area (Å²) < 4.78 is 0. The van der Waals surface area contributed by atoms with Crippen molar-refractivity contribution in [3.63, 3.8) is 0 Å². The van der Waals surface area contributed by atoms with Crippen LogP contribution in [-0.4, -0.2) is 10.7 Å². The van der Waals surface area contributed by atoms with Crippen LogP contribution in [0.3, 0.4) is 0 Å². The second-order valence-corrected chi connectivity index (χ2v) is 5.99. The Labute approximate surface area is 111 Å². The molecule has 0 aromatic heterocycles. The van der Waals surface area contributed by atoms with Crippen molar-refractivity contribution < 1.29 is 5.11 Å². The van der Waals surface area contributed by atoms with E-state index in [4.69, 9.17) is 0 Å². The number of aliphatic hydroxyl groups is 1. The topological polar surface area (TPSA) is 20.2 Å². The average Bonchev–Trinajstić information content (AvgIpc) is 2.28. The third-order valence-electron chi connectivity index (χ3n) is 3.72. The molecule has 96 valence electrons. The largest absolute Gasteiger partial charge is 0.390 e. The summed E-state index contributed by atoms with van der Waals surface area (Å²) in [5.74, 6) is 0. The van der Waals surface area contributed by atoms with Gasteiger partial charge in [-0.3, -0.25) is 0 Å². The average molecular weight is 252 g/mol. The van der Waals surface area contributed by atoms with Crippen LogP contribution in [0.15, 0.2) is 29.2 Å². The summed E-state index contributed by atoms with van der Waals surface area (Å²) >= 11 is 4.52. The molecule has 0 atom stereocenters. The number of hydrogen-bond donors (Lipinski definition) is 2. The highest BCUT2D eigenvalue weighted by atomic mass is 32.1. The third kappa shape index (κ3) is 3.49. The maximum Gasteiger partial charge on any atom is 0.0650 e. The van der Waals surface area contributed by atoms with Crippen molar-refractivity contribution in [3.8, 4) is 0 Å². The Hall–Kier alpha value is -0.470. The fourth-order valence-electron chi connectivity index (χ4n) is 2.46. The standard InChI is InChI=1S/C15H24OS/c1-5-15(16,6-2)11-14(3,4)12-9-7-8-10-13(12)17/h7-10,16-17H,5-6,11H2,1-4H3. The van der Waals surface area contributed by atoms with Gasteiger partial charge in [-0.15, -0.1) is 12.6 Å². The zero-order chi connectivity index (χ0) is 13.1. The van der Waals surface area contributed by atoms with Crippen LogP contribution in [0.2, 0.25) is 0 Å². The smallest absolute Gasteiger partial charge is 0.0650 e. The summed E-state index contributed by atoms with van der Waals surface area (Å²) in [5.41, 5.74) is 0.585. The first-order valence-electron chi connectivity index (χ1n) is 6.35. The molecular formula is C15H24OS. The lowest BCUT2D eigenvalue weighted by molar-refractivity contribution is 0.00535. The van der Waals surface area contributed by atoms with Crippen LogP contribution in [0.5, 0.6) is 0 Å². The molecule has 1 aromatic carbocycles. The van der Waals surface area contributed by atoms with Gasteiger partial charge in [0.15, 0.2) is 0 Å². The molecule has 0 bridgehead atoms. The maximum absolute atomic E-state index is 10.5. The Kier molecular flexibility index (Phi) is 4.68. The zero-order valence-corrected chi connectivity index (χ0v) is 12.2. The van der Waals surface area contributed by atoms with Crippen molar-refractivity contribution in [2.75, 3.05) is 0 Å². The van der Waals surface area contributed by atoms with E-state index in [2.05, 4.69) is 32.5 Å². The third-order valence-corrected chi connectivity index (χ3v) is 4.11. The lowest BCUT2D eigenvalue weighted by atomic mass is 9.73.